The van der Waals surface area contributed by atoms with Gasteiger partial charge in [-0.05, 0) is 37.2 Å². The van der Waals surface area contributed by atoms with Crippen LogP contribution in [-0.2, 0) is 0 Å². The average molecular weight is 377 g/mol. The van der Waals surface area contributed by atoms with Gasteiger partial charge in [0.15, 0.2) is 0 Å². The Labute approximate surface area is 161 Å². The molecule has 2 atom stereocenters. The van der Waals surface area contributed by atoms with Gasteiger partial charge in [0.1, 0.15) is 17.6 Å². The highest BCUT2D eigenvalue weighted by Gasteiger charge is 2.24. The van der Waals surface area contributed by atoms with E-state index in [1.165, 1.54) is 0 Å². The standard InChI is InChI=1S/C20H20FN7/c21-14-4-6-22-10-17(14)27-19-3-1-2-15(26-19)18-11-24-20-8-13(5-7-28(18)20)16-9-23-12-25-16/h1-3,5,7-9,11-12,14,17,22H,4,6,10H2,(H,23,25)(H,26,27)/t14-,17-/m0/s1. The predicted molar refractivity (Wildman–Crippen MR) is 106 cm³/mol. The van der Waals surface area contributed by atoms with E-state index in [-0.39, 0.29) is 6.04 Å². The summed E-state index contributed by atoms with van der Waals surface area (Å²) < 4.78 is 16.1. The number of anilines is 1. The molecule has 3 N–H and O–H groups in total. The summed E-state index contributed by atoms with van der Waals surface area (Å²) in [6, 6.07) is 9.46. The fraction of sp³-hybridized carbons (Fsp3) is 0.250. The minimum absolute atomic E-state index is 0.268. The third kappa shape index (κ3) is 3.11. The van der Waals surface area contributed by atoms with Gasteiger partial charge in [-0.1, -0.05) is 6.07 Å². The number of alkyl halides is 1. The maximum absolute atomic E-state index is 14.1. The number of H-pyrrole nitrogens is 1. The van der Waals surface area contributed by atoms with Gasteiger partial charge in [0.25, 0.3) is 0 Å². The molecule has 1 aliphatic rings. The molecule has 1 saturated heterocycles. The monoisotopic (exact) mass is 377 g/mol. The Hall–Kier alpha value is -3.26. The van der Waals surface area contributed by atoms with Gasteiger partial charge < -0.3 is 15.6 Å². The van der Waals surface area contributed by atoms with Crippen LogP contribution in [0.3, 0.4) is 0 Å². The average Bonchev–Trinajstić information content (AvgIpc) is 3.39. The summed E-state index contributed by atoms with van der Waals surface area (Å²) >= 11 is 0. The first kappa shape index (κ1) is 16.9. The highest BCUT2D eigenvalue weighted by molar-refractivity contribution is 5.68. The molecule has 0 saturated carbocycles. The molecule has 0 radical (unpaired) electrons. The lowest BCUT2D eigenvalue weighted by Crippen LogP contribution is -2.46. The van der Waals surface area contributed by atoms with Gasteiger partial charge >= 0.3 is 0 Å². The van der Waals surface area contributed by atoms with Crippen molar-refractivity contribution < 1.29 is 4.39 Å². The third-order valence-electron chi connectivity index (χ3n) is 5.06. The van der Waals surface area contributed by atoms with E-state index < -0.39 is 6.17 Å². The van der Waals surface area contributed by atoms with Gasteiger partial charge in [-0.3, -0.25) is 4.40 Å². The molecule has 28 heavy (non-hydrogen) atoms. The lowest BCUT2D eigenvalue weighted by molar-refractivity contribution is 0.241. The Morgan fingerprint density at radius 2 is 2.18 bits per heavy atom. The Kier molecular flexibility index (Phi) is 4.25. The number of halogens is 1. The maximum atomic E-state index is 14.1. The van der Waals surface area contributed by atoms with Crippen molar-refractivity contribution in [1.82, 2.24) is 29.7 Å². The number of nitrogens with zero attached hydrogens (tertiary/aromatic N) is 4. The molecule has 4 aromatic rings. The van der Waals surface area contributed by atoms with E-state index >= 15 is 0 Å². The van der Waals surface area contributed by atoms with E-state index in [0.717, 1.165) is 34.8 Å². The van der Waals surface area contributed by atoms with Gasteiger partial charge in [0.05, 0.1) is 41.8 Å². The molecule has 0 bridgehead atoms. The highest BCUT2D eigenvalue weighted by Crippen LogP contribution is 2.24. The second-order valence-electron chi connectivity index (χ2n) is 6.92. The van der Waals surface area contributed by atoms with E-state index in [1.54, 1.807) is 18.7 Å². The first-order valence-electron chi connectivity index (χ1n) is 9.32. The summed E-state index contributed by atoms with van der Waals surface area (Å²) in [4.78, 5) is 16.4. The molecule has 7 nitrogen and oxygen atoms in total. The number of hydrogen-bond donors (Lipinski definition) is 3. The van der Waals surface area contributed by atoms with Crippen molar-refractivity contribution in [1.29, 1.82) is 0 Å². The smallest absolute Gasteiger partial charge is 0.137 e. The normalized spacial score (nSPS) is 19.8. The number of aromatic amines is 1. The molecule has 5 heterocycles. The van der Waals surface area contributed by atoms with Crippen LogP contribution in [0.1, 0.15) is 6.42 Å². The van der Waals surface area contributed by atoms with Crippen LogP contribution in [0, 0.1) is 0 Å². The van der Waals surface area contributed by atoms with Crippen LogP contribution in [0.5, 0.6) is 0 Å². The number of pyridine rings is 2. The lowest BCUT2D eigenvalue weighted by Gasteiger charge is -2.28. The van der Waals surface area contributed by atoms with Crippen LogP contribution >= 0.6 is 0 Å². The van der Waals surface area contributed by atoms with Crippen molar-refractivity contribution in [2.75, 3.05) is 18.4 Å². The van der Waals surface area contributed by atoms with Crippen molar-refractivity contribution in [3.63, 3.8) is 0 Å². The molecular formula is C20H20FN7. The molecule has 1 fully saturated rings. The Bertz CT molecular complexity index is 1090. The highest BCUT2D eigenvalue weighted by atomic mass is 19.1. The van der Waals surface area contributed by atoms with Crippen molar-refractivity contribution in [3.05, 3.63) is 55.2 Å². The summed E-state index contributed by atoms with van der Waals surface area (Å²) in [6.07, 6.45) is 6.86. The molecule has 0 unspecified atom stereocenters. The summed E-state index contributed by atoms with van der Waals surface area (Å²) in [7, 11) is 0. The molecule has 0 spiro atoms. The fourth-order valence-electron chi connectivity index (χ4n) is 3.57. The number of imidazole rings is 2. The van der Waals surface area contributed by atoms with Crippen molar-refractivity contribution in [3.8, 4) is 22.6 Å². The fourth-order valence-corrected chi connectivity index (χ4v) is 3.57. The first-order chi connectivity index (χ1) is 13.8. The van der Waals surface area contributed by atoms with Crippen LogP contribution in [-0.4, -0.2) is 49.6 Å². The van der Waals surface area contributed by atoms with Gasteiger partial charge in [-0.15, -0.1) is 0 Å². The van der Waals surface area contributed by atoms with Crippen LogP contribution in [0.4, 0.5) is 10.2 Å². The van der Waals surface area contributed by atoms with E-state index in [0.29, 0.717) is 18.8 Å². The molecule has 0 amide bonds. The van der Waals surface area contributed by atoms with Crippen LogP contribution in [0.2, 0.25) is 0 Å². The van der Waals surface area contributed by atoms with E-state index in [4.69, 9.17) is 0 Å². The second kappa shape index (κ2) is 7.05. The van der Waals surface area contributed by atoms with Crippen LogP contribution in [0.15, 0.2) is 55.2 Å². The minimum Gasteiger partial charge on any atom is -0.363 e. The van der Waals surface area contributed by atoms with Crippen molar-refractivity contribution in [2.24, 2.45) is 0 Å². The number of hydrogen-bond acceptors (Lipinski definition) is 5. The van der Waals surface area contributed by atoms with Crippen LogP contribution < -0.4 is 10.6 Å². The van der Waals surface area contributed by atoms with E-state index in [1.807, 2.05) is 40.9 Å². The summed E-state index contributed by atoms with van der Waals surface area (Å²) in [5.74, 6) is 0.665. The topological polar surface area (TPSA) is 82.9 Å². The summed E-state index contributed by atoms with van der Waals surface area (Å²) in [6.45, 7) is 1.31. The maximum Gasteiger partial charge on any atom is 0.137 e. The number of aromatic nitrogens is 5. The number of fused-ring (bicyclic) bond motifs is 1. The minimum atomic E-state index is -0.872. The molecule has 1 aliphatic heterocycles. The molecule has 0 aliphatic carbocycles. The second-order valence-corrected chi connectivity index (χ2v) is 6.92. The third-order valence-corrected chi connectivity index (χ3v) is 5.06. The Morgan fingerprint density at radius 1 is 1.21 bits per heavy atom. The zero-order valence-electron chi connectivity index (χ0n) is 15.1. The molecule has 0 aromatic carbocycles. The number of nitrogens with one attached hydrogen (secondary N) is 3. The summed E-state index contributed by atoms with van der Waals surface area (Å²) in [5, 5.41) is 6.44. The van der Waals surface area contributed by atoms with Gasteiger partial charge in [0, 0.05) is 18.3 Å². The largest absolute Gasteiger partial charge is 0.363 e. The quantitative estimate of drug-likeness (QED) is 0.509. The molecule has 4 aromatic heterocycles. The van der Waals surface area contributed by atoms with Gasteiger partial charge in [0.2, 0.25) is 0 Å². The first-order valence-corrected chi connectivity index (χ1v) is 9.32. The molecule has 142 valence electrons. The molecule has 8 heteroatoms. The molecular weight excluding hydrogens is 357 g/mol. The Morgan fingerprint density at radius 3 is 3.04 bits per heavy atom. The Balaban J connectivity index is 1.45. The van der Waals surface area contributed by atoms with E-state index in [9.17, 15) is 4.39 Å². The van der Waals surface area contributed by atoms with Crippen molar-refractivity contribution in [2.45, 2.75) is 18.6 Å². The SMILES string of the molecule is F[C@H]1CCNC[C@@H]1Nc1cccc(-c2cnc3cc(-c4cnc[nH]4)ccn23)n1. The zero-order valence-corrected chi connectivity index (χ0v) is 15.1. The van der Waals surface area contributed by atoms with E-state index in [2.05, 4.69) is 30.6 Å². The summed E-state index contributed by atoms with van der Waals surface area (Å²) in [5.41, 5.74) is 4.45. The molecule has 5 rings (SSSR count). The lowest BCUT2D eigenvalue weighted by atomic mass is 10.1. The number of rotatable bonds is 4. The predicted octanol–water partition coefficient (Wildman–Crippen LogP) is 2.90. The number of piperidine rings is 1. The zero-order chi connectivity index (χ0) is 18.9. The van der Waals surface area contributed by atoms with Gasteiger partial charge in [-0.25, -0.2) is 19.3 Å². The van der Waals surface area contributed by atoms with Crippen LogP contribution in [0.25, 0.3) is 28.3 Å². The van der Waals surface area contributed by atoms with Gasteiger partial charge in [-0.2, -0.15) is 0 Å². The van der Waals surface area contributed by atoms with Crippen molar-refractivity contribution >= 4 is 11.5 Å².